The lowest BCUT2D eigenvalue weighted by Crippen LogP contribution is -2.11. The van der Waals surface area contributed by atoms with Crippen LogP contribution in [0.15, 0.2) is 48.6 Å². The number of hydrogen-bond donors (Lipinski definition) is 1. The van der Waals surface area contributed by atoms with Gasteiger partial charge in [-0.1, -0.05) is 6.05 Å². The van der Waals surface area contributed by atoms with Crippen LogP contribution >= 0.6 is 0 Å². The van der Waals surface area contributed by atoms with Gasteiger partial charge in [-0.3, -0.25) is 9.78 Å². The molecule has 170 valence electrons. The number of hydrogen-bond acceptors (Lipinski definition) is 6. The van der Waals surface area contributed by atoms with Crippen molar-refractivity contribution in [2.45, 2.75) is 20.3 Å². The number of carbonyl (C=O) groups is 1. The summed E-state index contributed by atoms with van der Waals surface area (Å²) in [5, 5.41) is 12.8. The zero-order chi connectivity index (χ0) is 29.9. The van der Waals surface area contributed by atoms with Gasteiger partial charge < -0.3 is 15.0 Å². The highest BCUT2D eigenvalue weighted by Gasteiger charge is 2.16. The summed E-state index contributed by atoms with van der Waals surface area (Å²) in [4.78, 5) is 17.9. The molecule has 6 nitrogen and oxygen atoms in total. The minimum absolute atomic E-state index is 0.000618. The number of anilines is 2. The van der Waals surface area contributed by atoms with Crippen LogP contribution in [0.2, 0.25) is 0 Å². The Balaban J connectivity index is 2.21. The number of halogens is 1. The first-order chi connectivity index (χ1) is 18.7. The standard InChI is InChI=1S/C26H27FN4O2/c1-5-33-25-14-24-22(13-18(25)12-21(32)7-6-10-31(3)4)26(19(15-28)16-29-24)30-20-8-9-23(27)17(2)11-20/h6-9,11,13-14,16H,5,10,12H2,1-4H3,(H,29,30)/b7-6+/i3D3,6D,13D,14D,16D. The van der Waals surface area contributed by atoms with Crippen LogP contribution in [-0.4, -0.2) is 42.8 Å². The lowest BCUT2D eigenvalue weighted by atomic mass is 10.0. The molecule has 3 aromatic rings. The van der Waals surface area contributed by atoms with E-state index in [1.807, 2.05) is 6.07 Å². The van der Waals surface area contributed by atoms with Gasteiger partial charge in [-0.25, -0.2) is 4.39 Å². The lowest BCUT2D eigenvalue weighted by Gasteiger charge is -2.15. The SMILES string of the molecule is [2H]/C(=C\C(=O)Cc1c(OCC)c([2H])c2nc([2H])c(C#N)c(Nc3ccc(F)c(C)c3)c2c1[2H])CN(C)C([2H])([2H])[2H]. The number of nitriles is 1. The van der Waals surface area contributed by atoms with Gasteiger partial charge in [0.25, 0.3) is 0 Å². The summed E-state index contributed by atoms with van der Waals surface area (Å²) in [5.41, 5.74) is 0.345. The van der Waals surface area contributed by atoms with Crippen molar-refractivity contribution >= 4 is 28.1 Å². The van der Waals surface area contributed by atoms with E-state index in [1.54, 1.807) is 13.8 Å². The Morgan fingerprint density at radius 1 is 1.48 bits per heavy atom. The van der Waals surface area contributed by atoms with Crippen molar-refractivity contribution in [2.24, 2.45) is 0 Å². The smallest absolute Gasteiger partial charge is 0.159 e. The first-order valence-electron chi connectivity index (χ1n) is 13.6. The second kappa shape index (κ2) is 10.7. The van der Waals surface area contributed by atoms with Crippen LogP contribution in [0.5, 0.6) is 5.75 Å². The van der Waals surface area contributed by atoms with Gasteiger partial charge in [-0.2, -0.15) is 5.26 Å². The molecular weight excluding hydrogens is 419 g/mol. The summed E-state index contributed by atoms with van der Waals surface area (Å²) in [7, 11) is 1.29. The maximum atomic E-state index is 13.9. The normalized spacial score (nSPS) is 14.9. The summed E-state index contributed by atoms with van der Waals surface area (Å²) >= 11 is 0. The van der Waals surface area contributed by atoms with Crippen molar-refractivity contribution in [3.63, 3.8) is 0 Å². The fourth-order valence-corrected chi connectivity index (χ4v) is 3.06. The number of nitrogens with zero attached hydrogens (tertiary/aromatic N) is 3. The molecule has 3 rings (SSSR count). The molecule has 0 bridgehead atoms. The Bertz CT molecular complexity index is 1550. The predicted molar refractivity (Wildman–Crippen MR) is 128 cm³/mol. The van der Waals surface area contributed by atoms with Crippen molar-refractivity contribution in [3.05, 3.63) is 71.1 Å². The van der Waals surface area contributed by atoms with Gasteiger partial charge in [-0.15, -0.1) is 0 Å². The van der Waals surface area contributed by atoms with Crippen LogP contribution in [0.1, 0.15) is 33.2 Å². The number of aromatic nitrogens is 1. The molecular formula is C26H27FN4O2. The molecule has 0 aliphatic rings. The number of carbonyl (C=O) groups excluding carboxylic acids is 1. The highest BCUT2D eigenvalue weighted by molar-refractivity contribution is 5.98. The Morgan fingerprint density at radius 3 is 3.00 bits per heavy atom. The number of nitrogens with one attached hydrogen (secondary N) is 1. The molecule has 0 atom stereocenters. The van der Waals surface area contributed by atoms with Crippen molar-refractivity contribution in [1.29, 1.82) is 5.26 Å². The highest BCUT2D eigenvalue weighted by atomic mass is 19.1. The fourth-order valence-electron chi connectivity index (χ4n) is 3.06. The molecule has 33 heavy (non-hydrogen) atoms. The molecule has 0 saturated carbocycles. The second-order valence-corrected chi connectivity index (χ2v) is 7.24. The van der Waals surface area contributed by atoms with Gasteiger partial charge in [0.1, 0.15) is 17.6 Å². The number of benzene rings is 2. The monoisotopic (exact) mass is 453 g/mol. The molecule has 2 aromatic carbocycles. The van der Waals surface area contributed by atoms with Crippen LogP contribution < -0.4 is 10.1 Å². The van der Waals surface area contributed by atoms with Gasteiger partial charge in [0.2, 0.25) is 0 Å². The number of likely N-dealkylation sites (N-methyl/N-ethyl adjacent to an activating group) is 1. The van der Waals surface area contributed by atoms with Gasteiger partial charge >= 0.3 is 0 Å². The molecule has 1 aromatic heterocycles. The van der Waals surface area contributed by atoms with Gasteiger partial charge in [0, 0.05) is 45.9 Å². The Morgan fingerprint density at radius 2 is 2.30 bits per heavy atom. The van der Waals surface area contributed by atoms with Gasteiger partial charge in [-0.05, 0) is 63.8 Å². The molecule has 1 heterocycles. The van der Waals surface area contributed by atoms with Gasteiger partial charge in [0.05, 0.1) is 28.9 Å². The maximum Gasteiger partial charge on any atom is 0.159 e. The minimum atomic E-state index is -2.45. The zero-order valence-corrected chi connectivity index (χ0v) is 18.5. The lowest BCUT2D eigenvalue weighted by molar-refractivity contribution is -0.114. The van der Waals surface area contributed by atoms with E-state index in [2.05, 4.69) is 10.3 Å². The minimum Gasteiger partial charge on any atom is -0.494 e. The summed E-state index contributed by atoms with van der Waals surface area (Å²) in [6, 6.07) is 5.16. The highest BCUT2D eigenvalue weighted by Crippen LogP contribution is 2.34. The van der Waals surface area contributed by atoms with E-state index < -0.39 is 31.2 Å². The zero-order valence-electron chi connectivity index (χ0n) is 25.5. The number of aryl methyl sites for hydroxylation is 1. The Kier molecular flexibility index (Phi) is 5.17. The van der Waals surface area contributed by atoms with E-state index in [0.29, 0.717) is 11.3 Å². The van der Waals surface area contributed by atoms with E-state index in [-0.39, 0.29) is 64.8 Å². The third-order valence-corrected chi connectivity index (χ3v) is 4.57. The summed E-state index contributed by atoms with van der Waals surface area (Å²) in [6.45, 7) is 0.518. The van der Waals surface area contributed by atoms with Crippen LogP contribution in [0, 0.1) is 24.1 Å². The first kappa shape index (κ1) is 15.9. The fraction of sp³-hybridized carbons (Fsp3) is 0.269. The Hall–Kier alpha value is -3.76. The summed E-state index contributed by atoms with van der Waals surface area (Å²) < 4.78 is 75.7. The van der Waals surface area contributed by atoms with Crippen molar-refractivity contribution < 1.29 is 23.5 Å². The topological polar surface area (TPSA) is 78.2 Å². The van der Waals surface area contributed by atoms with Crippen LogP contribution in [0.25, 0.3) is 10.9 Å². The molecule has 0 fully saturated rings. The molecule has 0 saturated heterocycles. The van der Waals surface area contributed by atoms with Gasteiger partial charge in [0.15, 0.2) is 5.78 Å². The molecule has 0 amide bonds. The third kappa shape index (κ3) is 5.93. The van der Waals surface area contributed by atoms with E-state index >= 15 is 0 Å². The number of ether oxygens (including phenoxy) is 1. The van der Waals surface area contributed by atoms with E-state index in [0.717, 1.165) is 11.0 Å². The second-order valence-electron chi connectivity index (χ2n) is 7.24. The van der Waals surface area contributed by atoms with Crippen molar-refractivity contribution in [1.82, 2.24) is 9.88 Å². The molecule has 0 spiro atoms. The van der Waals surface area contributed by atoms with Crippen LogP contribution in [0.3, 0.4) is 0 Å². The average molecular weight is 454 g/mol. The number of allylic oxidation sites excluding steroid dienone is 1. The Labute approximate surface area is 203 Å². The largest absolute Gasteiger partial charge is 0.494 e. The number of rotatable bonds is 9. The summed E-state index contributed by atoms with van der Waals surface area (Å²) in [5.74, 6) is -1.19. The van der Waals surface area contributed by atoms with Crippen LogP contribution in [-0.2, 0) is 11.2 Å². The van der Waals surface area contributed by atoms with E-state index in [9.17, 15) is 14.4 Å². The van der Waals surface area contributed by atoms with Crippen LogP contribution in [0.4, 0.5) is 15.8 Å². The molecule has 0 radical (unpaired) electrons. The number of fused-ring (bicyclic) bond motifs is 1. The molecule has 0 unspecified atom stereocenters. The molecule has 0 aliphatic heterocycles. The molecule has 7 heteroatoms. The quantitative estimate of drug-likeness (QED) is 0.463. The predicted octanol–water partition coefficient (Wildman–Crippen LogP) is 4.93. The molecule has 0 aliphatic carbocycles. The third-order valence-electron chi connectivity index (χ3n) is 4.57. The number of pyridine rings is 1. The number of ketones is 1. The van der Waals surface area contributed by atoms with E-state index in [4.69, 9.17) is 14.3 Å². The van der Waals surface area contributed by atoms with Crippen molar-refractivity contribution in [2.75, 3.05) is 32.5 Å². The summed E-state index contributed by atoms with van der Waals surface area (Å²) in [6.07, 6.45) is 0.0446. The van der Waals surface area contributed by atoms with E-state index in [1.165, 1.54) is 25.2 Å². The van der Waals surface area contributed by atoms with Crippen molar-refractivity contribution in [3.8, 4) is 11.8 Å². The molecule has 1 N–H and O–H groups in total. The maximum absolute atomic E-state index is 13.9. The average Bonchev–Trinajstić information content (AvgIpc) is 2.86. The first-order valence-corrected chi connectivity index (χ1v) is 10.1.